The van der Waals surface area contributed by atoms with Gasteiger partial charge in [0, 0.05) is 48.2 Å². The minimum Gasteiger partial charge on any atom is -0.504 e. The number of benzene rings is 2. The zero-order valence-corrected chi connectivity index (χ0v) is 28.7. The highest BCUT2D eigenvalue weighted by molar-refractivity contribution is 7.99. The van der Waals surface area contributed by atoms with Gasteiger partial charge in [0.25, 0.3) is 0 Å². The number of ether oxygens (including phenoxy) is 5. The van der Waals surface area contributed by atoms with Crippen LogP contribution in [0.4, 0.5) is 0 Å². The second-order valence-electron chi connectivity index (χ2n) is 11.1. The van der Waals surface area contributed by atoms with Gasteiger partial charge in [0.15, 0.2) is 23.0 Å². The van der Waals surface area contributed by atoms with Crippen molar-refractivity contribution >= 4 is 23.7 Å². The lowest BCUT2D eigenvalue weighted by molar-refractivity contribution is -0.146. The molecule has 0 spiro atoms. The minimum absolute atomic E-state index is 0.0348. The molecule has 1 unspecified atom stereocenters. The maximum absolute atomic E-state index is 12.1. The summed E-state index contributed by atoms with van der Waals surface area (Å²) in [4.78, 5) is 25.3. The van der Waals surface area contributed by atoms with Crippen LogP contribution in [0.3, 0.4) is 0 Å². The quantitative estimate of drug-likeness (QED) is 0.320. The summed E-state index contributed by atoms with van der Waals surface area (Å²) in [7, 11) is 3.51. The van der Waals surface area contributed by atoms with Gasteiger partial charge in [-0.15, -0.1) is 0 Å². The molecule has 0 bridgehead atoms. The van der Waals surface area contributed by atoms with Gasteiger partial charge in [-0.1, -0.05) is 26.8 Å². The number of hydrogen-bond acceptors (Lipinski definition) is 12. The third kappa shape index (κ3) is 8.16. The van der Waals surface area contributed by atoms with Crippen molar-refractivity contribution in [2.45, 2.75) is 78.6 Å². The highest BCUT2D eigenvalue weighted by Crippen LogP contribution is 2.46. The lowest BCUT2D eigenvalue weighted by Gasteiger charge is -2.40. The summed E-state index contributed by atoms with van der Waals surface area (Å²) in [5.74, 6) is 3.44. The van der Waals surface area contributed by atoms with Crippen molar-refractivity contribution in [2.75, 3.05) is 45.6 Å². The van der Waals surface area contributed by atoms with E-state index in [1.807, 2.05) is 34.7 Å². The lowest BCUT2D eigenvalue weighted by atomic mass is 9.88. The van der Waals surface area contributed by atoms with E-state index in [9.17, 15) is 14.7 Å². The van der Waals surface area contributed by atoms with Crippen molar-refractivity contribution < 1.29 is 38.4 Å². The Morgan fingerprint density at radius 3 is 2.51 bits per heavy atom. The van der Waals surface area contributed by atoms with E-state index in [1.165, 1.54) is 6.92 Å². The maximum Gasteiger partial charge on any atom is 0.323 e. The largest absolute Gasteiger partial charge is 0.504 e. The van der Waals surface area contributed by atoms with Crippen LogP contribution in [0.25, 0.3) is 0 Å². The number of nitrogens with two attached hydrogens (primary N) is 1. The fourth-order valence-corrected chi connectivity index (χ4v) is 7.08. The molecule has 2 aromatic carbocycles. The summed E-state index contributed by atoms with van der Waals surface area (Å²) in [5, 5.41) is 14.6. The van der Waals surface area contributed by atoms with E-state index in [2.05, 4.69) is 30.1 Å². The summed E-state index contributed by atoms with van der Waals surface area (Å²) in [5.41, 5.74) is 9.73. The molecule has 1 fully saturated rings. The van der Waals surface area contributed by atoms with Crippen molar-refractivity contribution in [2.24, 2.45) is 5.73 Å². The number of aryl methyl sites for hydroxylation is 1. The van der Waals surface area contributed by atoms with Crippen LogP contribution < -0.4 is 30.0 Å². The van der Waals surface area contributed by atoms with Crippen molar-refractivity contribution in [3.05, 3.63) is 40.5 Å². The third-order valence-corrected chi connectivity index (χ3v) is 9.25. The SMILES string of the molecule is CC.CC(=O)Oc1ccc2c(c1C)OCO2.CNC1c2c(cc(C)c(OC)c2O)[C@@H](C)CN2[C@H](C)COC(=O)[C@@H](N)CSC[C@@H]12. The predicted octanol–water partition coefficient (Wildman–Crippen LogP) is 4.44. The fraction of sp³-hybridized carbons (Fsp3) is 0.576. The first-order valence-electron chi connectivity index (χ1n) is 15.4. The monoisotopic (exact) mass is 647 g/mol. The highest BCUT2D eigenvalue weighted by atomic mass is 32.2. The second-order valence-corrected chi connectivity index (χ2v) is 12.2. The first-order chi connectivity index (χ1) is 21.5. The first-order valence-corrected chi connectivity index (χ1v) is 16.5. The number of phenolic OH excluding ortho intramolecular Hbond substituents is 1. The second kappa shape index (κ2) is 16.4. The third-order valence-electron chi connectivity index (χ3n) is 8.08. The number of esters is 2. The molecule has 5 atom stereocenters. The van der Waals surface area contributed by atoms with E-state index in [0.717, 1.165) is 34.6 Å². The Morgan fingerprint density at radius 1 is 1.16 bits per heavy atom. The molecule has 4 N–H and O–H groups in total. The van der Waals surface area contributed by atoms with Gasteiger partial charge in [-0.3, -0.25) is 14.5 Å². The number of thioether (sulfide) groups is 1. The number of carbonyl (C=O) groups excluding carboxylic acids is 2. The molecular formula is C33H49N3O8S. The Bertz CT molecular complexity index is 1340. The Hall–Kier alpha value is -3.19. The topological polar surface area (TPSA) is 142 Å². The molecule has 45 heavy (non-hydrogen) atoms. The van der Waals surface area contributed by atoms with E-state index in [0.29, 0.717) is 35.4 Å². The van der Waals surface area contributed by atoms with Crippen LogP contribution in [-0.2, 0) is 14.3 Å². The predicted molar refractivity (Wildman–Crippen MR) is 176 cm³/mol. The molecule has 1 saturated heterocycles. The molecule has 2 aromatic rings. The number of phenols is 1. The van der Waals surface area contributed by atoms with E-state index in [1.54, 1.807) is 31.0 Å². The molecule has 0 aliphatic carbocycles. The number of nitrogens with zero attached hydrogens (tertiary/aromatic N) is 1. The smallest absolute Gasteiger partial charge is 0.323 e. The van der Waals surface area contributed by atoms with Crippen LogP contribution in [0, 0.1) is 13.8 Å². The molecule has 3 heterocycles. The molecule has 3 aliphatic rings. The van der Waals surface area contributed by atoms with Gasteiger partial charge >= 0.3 is 11.9 Å². The van der Waals surface area contributed by atoms with Gasteiger partial charge in [0.05, 0.1) is 13.2 Å². The molecule has 0 amide bonds. The van der Waals surface area contributed by atoms with Crippen LogP contribution in [-0.4, -0.2) is 85.7 Å². The number of fused-ring (bicyclic) bond motifs is 3. The van der Waals surface area contributed by atoms with Crippen molar-refractivity contribution in [3.8, 4) is 28.7 Å². The zero-order chi connectivity index (χ0) is 33.4. The standard InChI is InChI=1S/C21H33N3O4S.C10H10O4.C2H6/c1-11-6-14-12(2)7-24-13(3)8-28-21(26)15(22)9-29-10-16(24)18(23-4)17(14)19(25)20(11)27-5;1-6-8(14-7(2)11)3-4-9-10(6)13-5-12-9;1-2/h6,12-13,15-16,18,23,25H,7-10,22H2,1-5H3;3-4H,5H2,1-2H3;1-2H3/t12-,13+,15-,16-,18?;;/m0../s1. The summed E-state index contributed by atoms with van der Waals surface area (Å²) >= 11 is 1.65. The van der Waals surface area contributed by atoms with E-state index in [4.69, 9.17) is 29.4 Å². The molecule has 0 aromatic heterocycles. The number of carbonyl (C=O) groups is 2. The van der Waals surface area contributed by atoms with Crippen molar-refractivity contribution in [1.82, 2.24) is 10.2 Å². The van der Waals surface area contributed by atoms with Crippen LogP contribution in [0.1, 0.15) is 68.8 Å². The molecular weight excluding hydrogens is 598 g/mol. The Kier molecular flexibility index (Phi) is 13.2. The van der Waals surface area contributed by atoms with Gasteiger partial charge in [-0.2, -0.15) is 11.8 Å². The maximum atomic E-state index is 12.1. The van der Waals surface area contributed by atoms with Crippen LogP contribution in [0.15, 0.2) is 18.2 Å². The van der Waals surface area contributed by atoms with Gasteiger partial charge < -0.3 is 39.8 Å². The fourth-order valence-electron chi connectivity index (χ4n) is 5.93. The zero-order valence-electron chi connectivity index (χ0n) is 27.9. The molecule has 11 nitrogen and oxygen atoms in total. The summed E-state index contributed by atoms with van der Waals surface area (Å²) in [6.45, 7) is 14.8. The van der Waals surface area contributed by atoms with Crippen molar-refractivity contribution in [1.29, 1.82) is 0 Å². The molecule has 5 rings (SSSR count). The number of likely N-dealkylation sites (N-methyl/N-ethyl adjacent to an activating group) is 1. The summed E-state index contributed by atoms with van der Waals surface area (Å²) < 4.78 is 26.4. The van der Waals surface area contributed by atoms with E-state index in [-0.39, 0.29) is 48.5 Å². The van der Waals surface area contributed by atoms with Crippen molar-refractivity contribution in [3.63, 3.8) is 0 Å². The number of cyclic esters (lactones) is 1. The Morgan fingerprint density at radius 2 is 1.87 bits per heavy atom. The number of hydrogen-bond donors (Lipinski definition) is 3. The average Bonchev–Trinajstić information content (AvgIpc) is 3.46. The van der Waals surface area contributed by atoms with E-state index >= 15 is 0 Å². The van der Waals surface area contributed by atoms with Gasteiger partial charge in [-0.05, 0) is 57.0 Å². The number of aromatic hydroxyl groups is 1. The Balaban J connectivity index is 0.000000287. The van der Waals surface area contributed by atoms with Gasteiger partial charge in [0.2, 0.25) is 6.79 Å². The normalized spacial score (nSPS) is 24.2. The first kappa shape index (κ1) is 36.3. The summed E-state index contributed by atoms with van der Waals surface area (Å²) in [6.07, 6.45) is 0. The number of methoxy groups -OCH3 is 1. The molecule has 0 radical (unpaired) electrons. The van der Waals surface area contributed by atoms with Crippen LogP contribution >= 0.6 is 11.8 Å². The molecule has 3 aliphatic heterocycles. The summed E-state index contributed by atoms with van der Waals surface area (Å²) in [6, 6.07) is 5.00. The molecule has 250 valence electrons. The van der Waals surface area contributed by atoms with E-state index < -0.39 is 6.04 Å². The highest BCUT2D eigenvalue weighted by Gasteiger charge is 2.40. The number of nitrogens with one attached hydrogen (secondary N) is 1. The Labute approximate surface area is 271 Å². The van der Waals surface area contributed by atoms with Gasteiger partial charge in [0.1, 0.15) is 18.4 Å². The molecule has 0 saturated carbocycles. The number of rotatable bonds is 3. The van der Waals surface area contributed by atoms with Crippen LogP contribution in [0.2, 0.25) is 0 Å². The van der Waals surface area contributed by atoms with Crippen LogP contribution in [0.5, 0.6) is 28.7 Å². The molecule has 12 heteroatoms. The average molecular weight is 648 g/mol. The minimum atomic E-state index is -0.611. The lowest BCUT2D eigenvalue weighted by Crippen LogP contribution is -2.52. The van der Waals surface area contributed by atoms with Gasteiger partial charge in [-0.25, -0.2) is 0 Å².